The second-order valence-corrected chi connectivity index (χ2v) is 6.72. The molecule has 116 valence electrons. The Morgan fingerprint density at radius 3 is 2.48 bits per heavy atom. The molecule has 21 heavy (non-hydrogen) atoms. The maximum absolute atomic E-state index is 12.6. The van der Waals surface area contributed by atoms with Crippen LogP contribution in [0, 0.1) is 0 Å². The zero-order valence-corrected chi connectivity index (χ0v) is 12.9. The Morgan fingerprint density at radius 1 is 1.33 bits per heavy atom. The smallest absolute Gasteiger partial charge is 0.258 e. The highest BCUT2D eigenvalue weighted by atomic mass is 32.2. The van der Waals surface area contributed by atoms with Crippen LogP contribution in [0.15, 0.2) is 23.1 Å². The van der Waals surface area contributed by atoms with Crippen LogP contribution in [0.5, 0.6) is 5.75 Å². The minimum Gasteiger partial charge on any atom is -0.496 e. The van der Waals surface area contributed by atoms with Crippen molar-refractivity contribution in [2.45, 2.75) is 4.90 Å². The van der Waals surface area contributed by atoms with Gasteiger partial charge in [0.2, 0.25) is 10.0 Å². The largest absolute Gasteiger partial charge is 0.496 e. The number of primary sulfonamides is 1. The molecule has 0 aromatic heterocycles. The molecule has 3 N–H and O–H groups in total. The molecule has 0 atom stereocenters. The number of nitrogens with zero attached hydrogens (tertiary/aromatic N) is 1. The predicted molar refractivity (Wildman–Crippen MR) is 76.9 cm³/mol. The van der Waals surface area contributed by atoms with E-state index in [1.807, 2.05) is 0 Å². The van der Waals surface area contributed by atoms with Gasteiger partial charge in [-0.1, -0.05) is 0 Å². The molecule has 0 aliphatic carbocycles. The molecule has 2 rings (SSSR count). The van der Waals surface area contributed by atoms with Gasteiger partial charge in [-0.25, -0.2) is 13.6 Å². The summed E-state index contributed by atoms with van der Waals surface area (Å²) in [7, 11) is -0.339. The minimum atomic E-state index is -3.85. The van der Waals surface area contributed by atoms with Crippen LogP contribution in [0.25, 0.3) is 0 Å². The third-order valence-corrected chi connectivity index (χ3v) is 4.55. The number of carbonyl (C=O) groups is 1. The first kappa shape index (κ1) is 15.7. The number of amides is 1. The summed E-state index contributed by atoms with van der Waals surface area (Å²) in [5, 5.41) is 5.12. The fraction of sp³-hybridized carbons (Fsp3) is 0.462. The van der Waals surface area contributed by atoms with E-state index in [-0.39, 0.29) is 16.4 Å². The number of nitrogens with two attached hydrogens (primary N) is 1. The normalized spacial score (nSPS) is 16.8. The second kappa shape index (κ2) is 6.00. The lowest BCUT2D eigenvalue weighted by Gasteiger charge is -2.30. The number of ether oxygens (including phenoxy) is 1. The van der Waals surface area contributed by atoms with Crippen molar-refractivity contribution in [1.82, 2.24) is 4.90 Å². The number of nitrogens with one attached hydrogen (secondary N) is 1. The monoisotopic (exact) mass is 314 g/mol. The van der Waals surface area contributed by atoms with Crippen molar-refractivity contribution in [3.8, 4) is 5.75 Å². The molecule has 1 amide bonds. The van der Waals surface area contributed by atoms with E-state index in [0.717, 1.165) is 13.1 Å². The van der Waals surface area contributed by atoms with Crippen molar-refractivity contribution in [2.75, 3.05) is 40.3 Å². The van der Waals surface area contributed by atoms with E-state index in [9.17, 15) is 13.2 Å². The van der Waals surface area contributed by atoms with Crippen LogP contribution in [0.3, 0.4) is 0 Å². The summed E-state index contributed by atoms with van der Waals surface area (Å²) in [6.45, 7) is 2.99. The minimum absolute atomic E-state index is 0.0913. The first-order chi connectivity index (χ1) is 9.82. The Balaban J connectivity index is 2.34. The highest BCUT2D eigenvalue weighted by molar-refractivity contribution is 7.89. The molecule has 1 aliphatic heterocycles. The lowest BCUT2D eigenvalue weighted by molar-refractivity contribution is -0.883. The number of sulfonamides is 1. The van der Waals surface area contributed by atoms with Crippen molar-refractivity contribution in [3.05, 3.63) is 23.8 Å². The van der Waals surface area contributed by atoms with Gasteiger partial charge >= 0.3 is 0 Å². The van der Waals surface area contributed by atoms with E-state index in [1.165, 1.54) is 30.2 Å². The number of benzene rings is 1. The SMILES string of the molecule is COc1ccc(S(N)(=O)=O)cc1C(=O)N1CC[NH+](C)CC1. The lowest BCUT2D eigenvalue weighted by Crippen LogP contribution is -3.12. The average molecular weight is 314 g/mol. The van der Waals surface area contributed by atoms with Crippen LogP contribution >= 0.6 is 0 Å². The first-order valence-electron chi connectivity index (χ1n) is 6.64. The molecule has 8 heteroatoms. The van der Waals surface area contributed by atoms with Crippen molar-refractivity contribution in [2.24, 2.45) is 5.14 Å². The van der Waals surface area contributed by atoms with Gasteiger partial charge in [-0.05, 0) is 18.2 Å². The second-order valence-electron chi connectivity index (χ2n) is 5.16. The highest BCUT2D eigenvalue weighted by Gasteiger charge is 2.25. The van der Waals surface area contributed by atoms with E-state index in [2.05, 4.69) is 7.05 Å². The summed E-state index contributed by atoms with van der Waals surface area (Å²) >= 11 is 0. The van der Waals surface area contributed by atoms with Gasteiger partial charge in [0.1, 0.15) is 5.75 Å². The first-order valence-corrected chi connectivity index (χ1v) is 8.19. The number of hydrogen-bond donors (Lipinski definition) is 2. The Bertz CT molecular complexity index is 637. The number of methoxy groups -OCH3 is 1. The van der Waals surface area contributed by atoms with Crippen LogP contribution in [0.4, 0.5) is 0 Å². The Morgan fingerprint density at radius 2 is 1.95 bits per heavy atom. The lowest BCUT2D eigenvalue weighted by atomic mass is 10.1. The van der Waals surface area contributed by atoms with E-state index < -0.39 is 10.0 Å². The molecule has 0 bridgehead atoms. The van der Waals surface area contributed by atoms with Crippen LogP contribution in [-0.2, 0) is 10.0 Å². The number of carbonyl (C=O) groups excluding carboxylic acids is 1. The third-order valence-electron chi connectivity index (χ3n) is 3.63. The van der Waals surface area contributed by atoms with E-state index in [1.54, 1.807) is 4.90 Å². The predicted octanol–water partition coefficient (Wildman–Crippen LogP) is -1.69. The van der Waals surface area contributed by atoms with Gasteiger partial charge in [-0.3, -0.25) is 4.79 Å². The molecule has 0 spiro atoms. The van der Waals surface area contributed by atoms with E-state index in [4.69, 9.17) is 9.88 Å². The molecule has 1 saturated heterocycles. The van der Waals surface area contributed by atoms with E-state index >= 15 is 0 Å². The topological polar surface area (TPSA) is 94.1 Å². The fourth-order valence-corrected chi connectivity index (χ4v) is 2.83. The highest BCUT2D eigenvalue weighted by Crippen LogP contribution is 2.23. The summed E-state index contributed by atoms with van der Waals surface area (Å²) in [5.41, 5.74) is 0.226. The molecule has 1 fully saturated rings. The zero-order chi connectivity index (χ0) is 15.6. The van der Waals surface area contributed by atoms with Crippen molar-refractivity contribution >= 4 is 15.9 Å². The van der Waals surface area contributed by atoms with Crippen molar-refractivity contribution < 1.29 is 22.8 Å². The summed E-state index contributed by atoms with van der Waals surface area (Å²) in [6, 6.07) is 4.06. The van der Waals surface area contributed by atoms with Gasteiger partial charge < -0.3 is 14.5 Å². The number of quaternary nitrogens is 1. The maximum Gasteiger partial charge on any atom is 0.258 e. The van der Waals surface area contributed by atoms with Gasteiger partial charge in [0.15, 0.2) is 0 Å². The van der Waals surface area contributed by atoms with Crippen LogP contribution in [-0.4, -0.2) is 59.6 Å². The van der Waals surface area contributed by atoms with Gasteiger partial charge in [-0.15, -0.1) is 0 Å². The number of rotatable bonds is 3. The summed E-state index contributed by atoms with van der Waals surface area (Å²) in [6.07, 6.45) is 0. The van der Waals surface area contributed by atoms with Gasteiger partial charge in [0.05, 0.1) is 50.8 Å². The van der Waals surface area contributed by atoms with Crippen LogP contribution in [0.2, 0.25) is 0 Å². The van der Waals surface area contributed by atoms with Crippen LogP contribution < -0.4 is 14.8 Å². The Kier molecular flexibility index (Phi) is 4.50. The maximum atomic E-state index is 12.6. The number of likely N-dealkylation sites (N-methyl/N-ethyl adjacent to an activating group) is 1. The molecule has 0 saturated carbocycles. The molecule has 1 heterocycles. The number of hydrogen-bond acceptors (Lipinski definition) is 4. The fourth-order valence-electron chi connectivity index (χ4n) is 2.29. The average Bonchev–Trinajstić information content (AvgIpc) is 2.45. The molecule has 1 aromatic rings. The molecule has 1 aliphatic rings. The molecule has 0 unspecified atom stereocenters. The van der Waals surface area contributed by atoms with Gasteiger partial charge in [-0.2, -0.15) is 0 Å². The summed E-state index contributed by atoms with van der Waals surface area (Å²) in [4.78, 5) is 15.5. The van der Waals surface area contributed by atoms with Gasteiger partial charge in [0.25, 0.3) is 5.91 Å². The van der Waals surface area contributed by atoms with E-state index in [0.29, 0.717) is 18.8 Å². The molecular formula is C13H20N3O4S+. The Hall–Kier alpha value is -1.64. The molecular weight excluding hydrogens is 294 g/mol. The van der Waals surface area contributed by atoms with Crippen LogP contribution in [0.1, 0.15) is 10.4 Å². The number of piperazine rings is 1. The molecule has 0 radical (unpaired) electrons. The molecule has 1 aromatic carbocycles. The standard InChI is InChI=1S/C13H19N3O4S/c1-15-5-7-16(8-6-15)13(17)11-9-10(21(14,18)19)3-4-12(11)20-2/h3-4,9H,5-8H2,1-2H3,(H2,14,18,19)/p+1. The Labute approximate surface area is 124 Å². The molecule has 7 nitrogen and oxygen atoms in total. The quantitative estimate of drug-likeness (QED) is 0.696. The zero-order valence-electron chi connectivity index (χ0n) is 12.1. The third kappa shape index (κ3) is 3.52. The summed E-state index contributed by atoms with van der Waals surface area (Å²) < 4.78 is 28.0. The van der Waals surface area contributed by atoms with Crippen molar-refractivity contribution in [3.63, 3.8) is 0 Å². The van der Waals surface area contributed by atoms with Gasteiger partial charge in [0, 0.05) is 0 Å². The summed E-state index contributed by atoms with van der Waals surface area (Å²) in [5.74, 6) is 0.114. The van der Waals surface area contributed by atoms with Crippen molar-refractivity contribution in [1.29, 1.82) is 0 Å².